The van der Waals surface area contributed by atoms with Gasteiger partial charge < -0.3 is 14.4 Å². The second-order valence-electron chi connectivity index (χ2n) is 3.25. The van der Waals surface area contributed by atoms with Gasteiger partial charge in [-0.3, -0.25) is 4.79 Å². The van der Waals surface area contributed by atoms with Crippen molar-refractivity contribution in [3.8, 4) is 0 Å². The first-order valence-corrected chi connectivity index (χ1v) is 7.82. The van der Waals surface area contributed by atoms with Crippen molar-refractivity contribution < 1.29 is 134 Å². The van der Waals surface area contributed by atoms with Crippen molar-refractivity contribution in [1.82, 2.24) is 0 Å². The Morgan fingerprint density at radius 2 is 1.62 bits per heavy atom. The van der Waals surface area contributed by atoms with Gasteiger partial charge in [-0.05, 0) is 18.2 Å². The summed E-state index contributed by atoms with van der Waals surface area (Å²) in [6, 6.07) is 1.86. The predicted molar refractivity (Wildman–Crippen MR) is 61.7 cm³/mol. The monoisotopic (exact) mass is 405 g/mol. The van der Waals surface area contributed by atoms with Crippen LogP contribution in [0.3, 0.4) is 0 Å². The minimum atomic E-state index is -4.95. The number of carbonyl (C=O) groups excluding carboxylic acids is 1. The van der Waals surface area contributed by atoms with E-state index in [1.54, 1.807) is 0 Å². The molecule has 0 fully saturated rings. The van der Waals surface area contributed by atoms with Crippen LogP contribution in [-0.4, -0.2) is 37.7 Å². The molecule has 1 aromatic rings. The van der Waals surface area contributed by atoms with Crippen LogP contribution in [0.4, 0.5) is 5.69 Å². The summed E-state index contributed by atoms with van der Waals surface area (Å²) in [5, 5.41) is 1.93. The van der Waals surface area contributed by atoms with Gasteiger partial charge in [0.1, 0.15) is 26.1 Å². The molecule has 13 heteroatoms. The fraction of sp³-hybridized carbons (Fsp3) is 0.125. The Morgan fingerprint density at radius 1 is 1.10 bits per heavy atom. The van der Waals surface area contributed by atoms with E-state index in [4.69, 9.17) is 11.6 Å². The number of amides is 1. The maximum Gasteiger partial charge on any atom is 1.00 e. The minimum Gasteiger partial charge on any atom is -0.744 e. The summed E-state index contributed by atoms with van der Waals surface area (Å²) < 4.78 is 65.1. The Hall–Kier alpha value is 2.07. The molecule has 0 spiro atoms. The van der Waals surface area contributed by atoms with Crippen molar-refractivity contribution >= 4 is 43.4 Å². The number of anilines is 1. The zero-order valence-electron chi connectivity index (χ0n) is 11.0. The molecule has 0 aliphatic carbocycles. The van der Waals surface area contributed by atoms with Gasteiger partial charge >= 0.3 is 103 Å². The standard InChI is InChI=1S/C8H8ClNO7S2.2K/c9-4-8(11)10-6-3-5(18(12,13)14)1-2-7(6)19(15,16)17;;/h1-3H,4H2,(H,10,11)(H,12,13,14)(H,15,16,17);;/q;2*+1/p-2. The first-order chi connectivity index (χ1) is 8.55. The van der Waals surface area contributed by atoms with Crippen LogP contribution < -0.4 is 108 Å². The fourth-order valence-electron chi connectivity index (χ4n) is 1.16. The third kappa shape index (κ3) is 8.13. The quantitative estimate of drug-likeness (QED) is 0.298. The van der Waals surface area contributed by atoms with Crippen LogP contribution >= 0.6 is 11.6 Å². The van der Waals surface area contributed by atoms with Crippen molar-refractivity contribution in [3.05, 3.63) is 18.2 Å². The Labute approximate surface area is 211 Å². The third-order valence-electron chi connectivity index (χ3n) is 1.90. The number of hydrogen-bond acceptors (Lipinski definition) is 7. The van der Waals surface area contributed by atoms with E-state index in [9.17, 15) is 30.7 Å². The SMILES string of the molecule is O=C(CCl)Nc1cc(S(=O)(=O)[O-])ccc1S(=O)(=O)[O-].[K+].[K+]. The summed E-state index contributed by atoms with van der Waals surface area (Å²) in [5.74, 6) is -1.42. The summed E-state index contributed by atoms with van der Waals surface area (Å²) >= 11 is 5.18. The average Bonchev–Trinajstić information content (AvgIpc) is 2.26. The molecule has 21 heavy (non-hydrogen) atoms. The van der Waals surface area contributed by atoms with Gasteiger partial charge in [-0.25, -0.2) is 16.8 Å². The van der Waals surface area contributed by atoms with Crippen molar-refractivity contribution in [3.63, 3.8) is 0 Å². The Bertz CT molecular complexity index is 720. The zero-order valence-corrected chi connectivity index (χ0v) is 19.6. The van der Waals surface area contributed by atoms with Gasteiger partial charge in [0.2, 0.25) is 5.91 Å². The molecule has 1 aromatic carbocycles. The predicted octanol–water partition coefficient (Wildman–Crippen LogP) is -6.32. The van der Waals surface area contributed by atoms with Crippen LogP contribution in [0, 0.1) is 0 Å². The van der Waals surface area contributed by atoms with E-state index in [-0.39, 0.29) is 103 Å². The Morgan fingerprint density at radius 3 is 2.00 bits per heavy atom. The van der Waals surface area contributed by atoms with Crippen LogP contribution in [0.15, 0.2) is 28.0 Å². The minimum absolute atomic E-state index is 0. The van der Waals surface area contributed by atoms with Gasteiger partial charge in [-0.15, -0.1) is 11.6 Å². The second-order valence-corrected chi connectivity index (χ2v) is 6.24. The van der Waals surface area contributed by atoms with Gasteiger partial charge in [-0.1, -0.05) is 0 Å². The molecule has 0 saturated heterocycles. The Balaban J connectivity index is 0. The van der Waals surface area contributed by atoms with Crippen LogP contribution in [-0.2, 0) is 25.0 Å². The summed E-state index contributed by atoms with van der Waals surface area (Å²) in [5.41, 5.74) is -0.613. The molecule has 0 atom stereocenters. The van der Waals surface area contributed by atoms with Gasteiger partial charge in [0, 0.05) is 0 Å². The molecule has 1 rings (SSSR count). The van der Waals surface area contributed by atoms with Gasteiger partial charge in [-0.2, -0.15) is 0 Å². The van der Waals surface area contributed by atoms with E-state index >= 15 is 0 Å². The largest absolute Gasteiger partial charge is 1.00 e. The second kappa shape index (κ2) is 10.2. The maximum absolute atomic E-state index is 11.1. The summed E-state index contributed by atoms with van der Waals surface area (Å²) in [6.07, 6.45) is 0. The topological polar surface area (TPSA) is 144 Å². The molecular weight excluding hydrogens is 400 g/mol. The van der Waals surface area contributed by atoms with Crippen LogP contribution in [0.25, 0.3) is 0 Å². The molecule has 1 N–H and O–H groups in total. The van der Waals surface area contributed by atoms with Crippen molar-refractivity contribution in [2.75, 3.05) is 11.2 Å². The molecule has 1 amide bonds. The normalized spacial score (nSPS) is 11.0. The van der Waals surface area contributed by atoms with E-state index < -0.39 is 47.5 Å². The van der Waals surface area contributed by atoms with Crippen molar-refractivity contribution in [2.24, 2.45) is 0 Å². The summed E-state index contributed by atoms with van der Waals surface area (Å²) in [6.45, 7) is 0. The molecule has 8 nitrogen and oxygen atoms in total. The molecule has 106 valence electrons. The summed E-state index contributed by atoms with van der Waals surface area (Å²) in [7, 11) is -9.82. The number of benzene rings is 1. The number of halogens is 1. The number of rotatable bonds is 4. The van der Waals surface area contributed by atoms with Crippen LogP contribution in [0.2, 0.25) is 0 Å². The first kappa shape index (κ1) is 25.3. The number of carbonyl (C=O) groups is 1. The first-order valence-electron chi connectivity index (χ1n) is 4.47. The van der Waals surface area contributed by atoms with E-state index in [0.29, 0.717) is 18.2 Å². The molecule has 0 saturated carbocycles. The van der Waals surface area contributed by atoms with Crippen LogP contribution in [0.1, 0.15) is 0 Å². The number of alkyl halides is 1. The van der Waals surface area contributed by atoms with E-state index in [0.717, 1.165) is 0 Å². The van der Waals surface area contributed by atoms with Gasteiger partial charge in [0.15, 0.2) is 0 Å². The molecular formula is C8H6ClK2NO7S2. The average molecular weight is 406 g/mol. The molecule has 0 radical (unpaired) electrons. The van der Waals surface area contributed by atoms with E-state index in [1.165, 1.54) is 0 Å². The fourth-order valence-corrected chi connectivity index (χ4v) is 2.34. The summed E-state index contributed by atoms with van der Waals surface area (Å²) in [4.78, 5) is 9.40. The molecule has 0 aliphatic heterocycles. The molecule has 0 aliphatic rings. The number of hydrogen-bond donors (Lipinski definition) is 1. The van der Waals surface area contributed by atoms with Crippen LogP contribution in [0.5, 0.6) is 0 Å². The number of nitrogens with one attached hydrogen (secondary N) is 1. The molecule has 0 aromatic heterocycles. The molecule has 0 unspecified atom stereocenters. The Kier molecular flexibility index (Phi) is 12.2. The smallest absolute Gasteiger partial charge is 0.744 e. The van der Waals surface area contributed by atoms with E-state index in [1.807, 2.05) is 5.32 Å². The maximum atomic E-state index is 11.1. The van der Waals surface area contributed by atoms with Crippen molar-refractivity contribution in [1.29, 1.82) is 0 Å². The zero-order chi connectivity index (χ0) is 14.8. The van der Waals surface area contributed by atoms with Gasteiger partial charge in [0.05, 0.1) is 15.5 Å². The third-order valence-corrected chi connectivity index (χ3v) is 3.87. The van der Waals surface area contributed by atoms with Crippen molar-refractivity contribution in [2.45, 2.75) is 9.79 Å². The van der Waals surface area contributed by atoms with E-state index in [2.05, 4.69) is 0 Å². The van der Waals surface area contributed by atoms with Gasteiger partial charge in [0.25, 0.3) is 0 Å². The molecule has 0 bridgehead atoms. The molecule has 0 heterocycles.